The number of hydrogen-bond donors (Lipinski definition) is 2. The Balaban J connectivity index is 1.55. The molecule has 3 aromatic rings. The highest BCUT2D eigenvalue weighted by Crippen LogP contribution is 2.26. The molecular formula is C19H18FN5O. The Labute approximate surface area is 149 Å². The molecule has 6 nitrogen and oxygen atoms in total. The van der Waals surface area contributed by atoms with Crippen LogP contribution < -0.4 is 10.6 Å². The molecule has 0 bridgehead atoms. The Hall–Kier alpha value is -2.93. The minimum absolute atomic E-state index is 0.0962. The number of amides is 1. The van der Waals surface area contributed by atoms with E-state index in [1.165, 1.54) is 12.1 Å². The van der Waals surface area contributed by atoms with Crippen molar-refractivity contribution < 1.29 is 9.18 Å². The second-order valence-electron chi connectivity index (χ2n) is 6.33. The van der Waals surface area contributed by atoms with Gasteiger partial charge in [-0.25, -0.2) is 14.4 Å². The van der Waals surface area contributed by atoms with Crippen molar-refractivity contribution >= 4 is 17.1 Å². The van der Waals surface area contributed by atoms with E-state index in [2.05, 4.69) is 25.6 Å². The van der Waals surface area contributed by atoms with E-state index in [-0.39, 0.29) is 23.7 Å². The van der Waals surface area contributed by atoms with Gasteiger partial charge in [0.05, 0.1) is 0 Å². The molecule has 0 aliphatic carbocycles. The molecule has 2 atom stereocenters. The molecule has 26 heavy (non-hydrogen) atoms. The zero-order valence-corrected chi connectivity index (χ0v) is 14.0. The van der Waals surface area contributed by atoms with Crippen LogP contribution in [-0.4, -0.2) is 40.0 Å². The van der Waals surface area contributed by atoms with Crippen LogP contribution in [0.2, 0.25) is 0 Å². The smallest absolute Gasteiger partial charge is 0.270 e. The summed E-state index contributed by atoms with van der Waals surface area (Å²) in [5.74, 6) is -0.385. The van der Waals surface area contributed by atoms with Gasteiger partial charge in [-0.05, 0) is 42.8 Å². The number of aromatic nitrogens is 3. The maximum Gasteiger partial charge on any atom is 0.270 e. The van der Waals surface area contributed by atoms with E-state index in [1.54, 1.807) is 36.7 Å². The molecule has 3 heterocycles. The Morgan fingerprint density at radius 2 is 1.92 bits per heavy atom. The van der Waals surface area contributed by atoms with E-state index in [4.69, 9.17) is 0 Å². The van der Waals surface area contributed by atoms with Crippen molar-refractivity contribution in [3.8, 4) is 0 Å². The van der Waals surface area contributed by atoms with Crippen molar-refractivity contribution in [2.45, 2.75) is 18.4 Å². The summed E-state index contributed by atoms with van der Waals surface area (Å²) in [5.41, 5.74) is 2.42. The number of carbonyl (C=O) groups excluding carboxylic acids is 1. The average molecular weight is 351 g/mol. The van der Waals surface area contributed by atoms with Gasteiger partial charge in [-0.3, -0.25) is 9.78 Å². The zero-order valence-electron chi connectivity index (χ0n) is 14.0. The first-order chi connectivity index (χ1) is 12.7. The quantitative estimate of drug-likeness (QED) is 0.755. The van der Waals surface area contributed by atoms with Crippen molar-refractivity contribution in [3.05, 3.63) is 65.9 Å². The Bertz CT molecular complexity index is 931. The summed E-state index contributed by atoms with van der Waals surface area (Å²) in [6.45, 7) is 1.51. The fourth-order valence-electron chi connectivity index (χ4n) is 3.34. The minimum atomic E-state index is -0.259. The molecule has 4 rings (SSSR count). The predicted molar refractivity (Wildman–Crippen MR) is 95.2 cm³/mol. The number of carbonyl (C=O) groups is 1. The van der Waals surface area contributed by atoms with Gasteiger partial charge < -0.3 is 10.6 Å². The summed E-state index contributed by atoms with van der Waals surface area (Å²) in [7, 11) is 0. The lowest BCUT2D eigenvalue weighted by atomic mass is 9.86. The molecule has 1 fully saturated rings. The van der Waals surface area contributed by atoms with E-state index in [0.717, 1.165) is 18.5 Å². The molecule has 0 spiro atoms. The van der Waals surface area contributed by atoms with Crippen molar-refractivity contribution in [1.82, 2.24) is 25.6 Å². The van der Waals surface area contributed by atoms with Gasteiger partial charge in [-0.15, -0.1) is 0 Å². The highest BCUT2D eigenvalue weighted by atomic mass is 19.1. The Morgan fingerprint density at radius 3 is 2.77 bits per heavy atom. The van der Waals surface area contributed by atoms with E-state index in [0.29, 0.717) is 23.4 Å². The summed E-state index contributed by atoms with van der Waals surface area (Å²) in [6.07, 6.45) is 4.00. The molecule has 1 aliphatic heterocycles. The third kappa shape index (κ3) is 3.39. The zero-order chi connectivity index (χ0) is 17.9. The first-order valence-corrected chi connectivity index (χ1v) is 8.55. The van der Waals surface area contributed by atoms with Gasteiger partial charge in [0.1, 0.15) is 17.0 Å². The molecular weight excluding hydrogens is 333 g/mol. The van der Waals surface area contributed by atoms with Gasteiger partial charge >= 0.3 is 0 Å². The number of halogens is 1. The van der Waals surface area contributed by atoms with E-state index in [1.807, 2.05) is 0 Å². The largest absolute Gasteiger partial charge is 0.346 e. The number of hydrogen-bond acceptors (Lipinski definition) is 5. The van der Waals surface area contributed by atoms with E-state index < -0.39 is 0 Å². The number of rotatable bonds is 3. The second-order valence-corrected chi connectivity index (χ2v) is 6.33. The lowest BCUT2D eigenvalue weighted by Crippen LogP contribution is -2.50. The fourth-order valence-corrected chi connectivity index (χ4v) is 3.34. The lowest BCUT2D eigenvalue weighted by Gasteiger charge is -2.33. The molecule has 0 radical (unpaired) electrons. The molecule has 0 saturated carbocycles. The Kier molecular flexibility index (Phi) is 4.53. The SMILES string of the molecule is O=C(NC1CNCCC1c1ccc(F)cc1)c1ccc2nccnc2n1. The average Bonchev–Trinajstić information content (AvgIpc) is 2.69. The molecule has 1 saturated heterocycles. The number of pyridine rings is 1. The summed E-state index contributed by atoms with van der Waals surface area (Å²) in [5, 5.41) is 6.36. The highest BCUT2D eigenvalue weighted by molar-refractivity contribution is 5.94. The first kappa shape index (κ1) is 16.5. The van der Waals surface area contributed by atoms with Crippen LogP contribution in [-0.2, 0) is 0 Å². The molecule has 2 aromatic heterocycles. The maximum atomic E-state index is 13.2. The Morgan fingerprint density at radius 1 is 1.12 bits per heavy atom. The molecule has 1 amide bonds. The van der Waals surface area contributed by atoms with Crippen LogP contribution in [0.25, 0.3) is 11.2 Å². The van der Waals surface area contributed by atoms with Crippen LogP contribution in [0.4, 0.5) is 4.39 Å². The normalized spacial score (nSPS) is 20.0. The monoisotopic (exact) mass is 351 g/mol. The van der Waals surface area contributed by atoms with Gasteiger partial charge in [0.2, 0.25) is 0 Å². The molecule has 2 unspecified atom stereocenters. The van der Waals surface area contributed by atoms with Crippen LogP contribution in [0, 0.1) is 5.82 Å². The van der Waals surface area contributed by atoms with Gasteiger partial charge in [-0.2, -0.15) is 0 Å². The number of nitrogens with one attached hydrogen (secondary N) is 2. The van der Waals surface area contributed by atoms with E-state index >= 15 is 0 Å². The van der Waals surface area contributed by atoms with Gasteiger partial charge in [0.15, 0.2) is 5.65 Å². The molecule has 1 aliphatic rings. The standard InChI is InChI=1S/C19H18FN5O/c20-13-3-1-12(2-4-13)14-7-8-21-11-17(14)25-19(26)16-6-5-15-18(24-16)23-10-9-22-15/h1-6,9-10,14,17,21H,7-8,11H2,(H,25,26). The van der Waals surface area contributed by atoms with Crippen LogP contribution in [0.5, 0.6) is 0 Å². The summed E-state index contributed by atoms with van der Waals surface area (Å²) < 4.78 is 13.2. The molecule has 132 valence electrons. The molecule has 7 heteroatoms. The fraction of sp³-hybridized carbons (Fsp3) is 0.263. The van der Waals surface area contributed by atoms with Gasteiger partial charge in [0, 0.05) is 30.9 Å². The highest BCUT2D eigenvalue weighted by Gasteiger charge is 2.28. The number of benzene rings is 1. The molecule has 2 N–H and O–H groups in total. The maximum absolute atomic E-state index is 13.2. The molecule has 1 aromatic carbocycles. The lowest BCUT2D eigenvalue weighted by molar-refractivity contribution is 0.0919. The number of fused-ring (bicyclic) bond motifs is 1. The van der Waals surface area contributed by atoms with Crippen molar-refractivity contribution in [1.29, 1.82) is 0 Å². The van der Waals surface area contributed by atoms with Gasteiger partial charge in [-0.1, -0.05) is 12.1 Å². The van der Waals surface area contributed by atoms with Crippen LogP contribution >= 0.6 is 0 Å². The summed E-state index contributed by atoms with van der Waals surface area (Å²) in [6, 6.07) is 9.78. The van der Waals surface area contributed by atoms with Crippen molar-refractivity contribution in [3.63, 3.8) is 0 Å². The predicted octanol–water partition coefficient (Wildman–Crippen LogP) is 2.04. The van der Waals surface area contributed by atoms with Crippen molar-refractivity contribution in [2.75, 3.05) is 13.1 Å². The first-order valence-electron chi connectivity index (χ1n) is 8.55. The minimum Gasteiger partial charge on any atom is -0.346 e. The number of nitrogens with zero attached hydrogens (tertiary/aromatic N) is 3. The summed E-state index contributed by atoms with van der Waals surface area (Å²) in [4.78, 5) is 25.3. The van der Waals surface area contributed by atoms with E-state index in [9.17, 15) is 9.18 Å². The third-order valence-corrected chi connectivity index (χ3v) is 4.66. The van der Waals surface area contributed by atoms with Gasteiger partial charge in [0.25, 0.3) is 5.91 Å². The van der Waals surface area contributed by atoms with Crippen LogP contribution in [0.3, 0.4) is 0 Å². The van der Waals surface area contributed by atoms with Crippen LogP contribution in [0.1, 0.15) is 28.4 Å². The topological polar surface area (TPSA) is 79.8 Å². The van der Waals surface area contributed by atoms with Crippen LogP contribution in [0.15, 0.2) is 48.8 Å². The van der Waals surface area contributed by atoms with Crippen molar-refractivity contribution in [2.24, 2.45) is 0 Å². The number of piperidine rings is 1. The third-order valence-electron chi connectivity index (χ3n) is 4.66. The summed E-state index contributed by atoms with van der Waals surface area (Å²) >= 11 is 0. The second kappa shape index (κ2) is 7.13.